The first kappa shape index (κ1) is 16.9. The van der Waals surface area contributed by atoms with E-state index in [2.05, 4.69) is 57.3 Å². The van der Waals surface area contributed by atoms with Crippen LogP contribution < -0.4 is 5.32 Å². The first-order valence-electron chi connectivity index (χ1n) is 7.66. The van der Waals surface area contributed by atoms with Gasteiger partial charge in [-0.05, 0) is 30.7 Å². The molecule has 4 nitrogen and oxygen atoms in total. The number of ether oxygens (including phenoxy) is 1. The topological polar surface area (TPSA) is 44.7 Å². The normalized spacial score (nSPS) is 21.4. The number of nitrogens with one attached hydrogen (secondary N) is 1. The van der Waals surface area contributed by atoms with Crippen LogP contribution in [0.3, 0.4) is 0 Å². The molecule has 0 aromatic heterocycles. The summed E-state index contributed by atoms with van der Waals surface area (Å²) in [6.07, 6.45) is 1.04. The molecule has 2 rings (SSSR count). The Morgan fingerprint density at radius 2 is 2.19 bits per heavy atom. The summed E-state index contributed by atoms with van der Waals surface area (Å²) in [5.41, 5.74) is 1.33. The van der Waals surface area contributed by atoms with E-state index in [4.69, 9.17) is 4.74 Å². The highest BCUT2D eigenvalue weighted by Crippen LogP contribution is 2.20. The van der Waals surface area contributed by atoms with Gasteiger partial charge in [-0.1, -0.05) is 35.0 Å². The van der Waals surface area contributed by atoms with Crippen LogP contribution in [0.4, 0.5) is 0 Å². The van der Waals surface area contributed by atoms with E-state index in [0.29, 0.717) is 6.04 Å². The third-order valence-electron chi connectivity index (χ3n) is 3.88. The molecule has 0 saturated carbocycles. The van der Waals surface area contributed by atoms with E-state index in [1.165, 1.54) is 5.56 Å². The Labute approximate surface area is 135 Å². The number of benzene rings is 1. The highest BCUT2D eigenvalue weighted by Gasteiger charge is 2.20. The van der Waals surface area contributed by atoms with Crippen LogP contribution in [0.2, 0.25) is 0 Å². The summed E-state index contributed by atoms with van der Waals surface area (Å²) in [4.78, 5) is 2.38. The number of hydrogen-bond donors (Lipinski definition) is 2. The third kappa shape index (κ3) is 5.34. The van der Waals surface area contributed by atoms with Gasteiger partial charge in [0.2, 0.25) is 0 Å². The number of aliphatic hydroxyl groups is 1. The second-order valence-corrected chi connectivity index (χ2v) is 6.34. The van der Waals surface area contributed by atoms with Crippen molar-refractivity contribution in [2.24, 2.45) is 0 Å². The quantitative estimate of drug-likeness (QED) is 0.785. The van der Waals surface area contributed by atoms with Crippen LogP contribution >= 0.6 is 15.9 Å². The molecular formula is C16H25BrN2O2. The first-order chi connectivity index (χ1) is 10.2. The molecular weight excluding hydrogens is 332 g/mol. The number of nitrogens with zero attached hydrogens (tertiary/aromatic N) is 1. The predicted octanol–water partition coefficient (Wildman–Crippen LogP) is 2.18. The van der Waals surface area contributed by atoms with Gasteiger partial charge in [0.05, 0.1) is 19.3 Å². The Bertz CT molecular complexity index is 413. The average molecular weight is 357 g/mol. The summed E-state index contributed by atoms with van der Waals surface area (Å²) >= 11 is 3.48. The lowest BCUT2D eigenvalue weighted by Gasteiger charge is -2.33. The van der Waals surface area contributed by atoms with E-state index in [9.17, 15) is 5.11 Å². The minimum atomic E-state index is -0.0241. The largest absolute Gasteiger partial charge is 0.394 e. The molecule has 0 bridgehead atoms. The van der Waals surface area contributed by atoms with Gasteiger partial charge in [0.25, 0.3) is 0 Å². The maximum Gasteiger partial charge on any atom is 0.0932 e. The zero-order valence-electron chi connectivity index (χ0n) is 12.6. The van der Waals surface area contributed by atoms with Crippen LogP contribution in [0.5, 0.6) is 0 Å². The molecule has 0 radical (unpaired) electrons. The van der Waals surface area contributed by atoms with Gasteiger partial charge >= 0.3 is 0 Å². The maximum absolute atomic E-state index is 9.21. The van der Waals surface area contributed by atoms with Gasteiger partial charge in [0.1, 0.15) is 0 Å². The number of halogens is 1. The number of aliphatic hydroxyl groups excluding tert-OH is 1. The highest BCUT2D eigenvalue weighted by molar-refractivity contribution is 9.10. The molecule has 5 heteroatoms. The summed E-state index contributed by atoms with van der Waals surface area (Å²) in [7, 11) is 0. The Kier molecular flexibility index (Phi) is 7.13. The highest BCUT2D eigenvalue weighted by atomic mass is 79.9. The van der Waals surface area contributed by atoms with E-state index in [0.717, 1.165) is 43.7 Å². The lowest BCUT2D eigenvalue weighted by Crippen LogP contribution is -2.44. The van der Waals surface area contributed by atoms with Gasteiger partial charge in [-0.2, -0.15) is 0 Å². The lowest BCUT2D eigenvalue weighted by molar-refractivity contribution is -0.0533. The fourth-order valence-electron chi connectivity index (χ4n) is 2.73. The van der Waals surface area contributed by atoms with Crippen LogP contribution in [0.15, 0.2) is 28.7 Å². The van der Waals surface area contributed by atoms with Crippen molar-refractivity contribution in [3.05, 3.63) is 34.3 Å². The van der Waals surface area contributed by atoms with Crippen molar-refractivity contribution < 1.29 is 9.84 Å². The molecule has 1 aromatic carbocycles. The van der Waals surface area contributed by atoms with Crippen molar-refractivity contribution in [2.75, 3.05) is 39.4 Å². The van der Waals surface area contributed by atoms with Gasteiger partial charge in [-0.3, -0.25) is 4.90 Å². The Morgan fingerprint density at radius 1 is 1.43 bits per heavy atom. The minimum absolute atomic E-state index is 0.0241. The van der Waals surface area contributed by atoms with Crippen molar-refractivity contribution in [1.29, 1.82) is 0 Å². The van der Waals surface area contributed by atoms with Gasteiger partial charge in [-0.15, -0.1) is 0 Å². The molecule has 2 N–H and O–H groups in total. The van der Waals surface area contributed by atoms with Crippen molar-refractivity contribution in [3.63, 3.8) is 0 Å². The summed E-state index contributed by atoms with van der Waals surface area (Å²) < 4.78 is 6.61. The van der Waals surface area contributed by atoms with E-state index in [1.54, 1.807) is 0 Å². The summed E-state index contributed by atoms with van der Waals surface area (Å²) in [6.45, 7) is 6.74. The lowest BCUT2D eigenvalue weighted by atomic mass is 10.0. The molecule has 1 aliphatic heterocycles. The first-order valence-corrected chi connectivity index (χ1v) is 8.46. The Hall–Kier alpha value is -0.460. The Balaban J connectivity index is 1.89. The van der Waals surface area contributed by atoms with Crippen LogP contribution in [0.1, 0.15) is 24.9 Å². The predicted molar refractivity (Wildman–Crippen MR) is 88.4 cm³/mol. The van der Waals surface area contributed by atoms with Gasteiger partial charge in [0, 0.05) is 30.1 Å². The minimum Gasteiger partial charge on any atom is -0.394 e. The second-order valence-electron chi connectivity index (χ2n) is 5.43. The van der Waals surface area contributed by atoms with Gasteiger partial charge < -0.3 is 15.2 Å². The van der Waals surface area contributed by atoms with Gasteiger partial charge in [-0.25, -0.2) is 0 Å². The SMILES string of the molecule is CCNC(CCN1CCOC(CO)C1)c1ccc(Br)cc1. The average Bonchev–Trinajstić information content (AvgIpc) is 2.52. The molecule has 1 aliphatic rings. The molecule has 1 heterocycles. The number of rotatable bonds is 7. The fourth-order valence-corrected chi connectivity index (χ4v) is 3.00. The third-order valence-corrected chi connectivity index (χ3v) is 4.41. The van der Waals surface area contributed by atoms with E-state index >= 15 is 0 Å². The number of hydrogen-bond acceptors (Lipinski definition) is 4. The standard InChI is InChI=1S/C16H25BrN2O2/c1-2-18-16(13-3-5-14(17)6-4-13)7-8-19-9-10-21-15(11-19)12-20/h3-6,15-16,18,20H,2,7-12H2,1H3. The molecule has 118 valence electrons. The summed E-state index contributed by atoms with van der Waals surface area (Å²) in [6, 6.07) is 8.91. The molecule has 0 aliphatic carbocycles. The van der Waals surface area contributed by atoms with Crippen molar-refractivity contribution in [2.45, 2.75) is 25.5 Å². The second kappa shape index (κ2) is 8.86. The molecule has 1 fully saturated rings. The zero-order chi connectivity index (χ0) is 15.1. The maximum atomic E-state index is 9.21. The summed E-state index contributed by atoms with van der Waals surface area (Å²) in [5.74, 6) is 0. The fraction of sp³-hybridized carbons (Fsp3) is 0.625. The molecule has 0 spiro atoms. The van der Waals surface area contributed by atoms with Crippen LogP contribution in [0.25, 0.3) is 0 Å². The van der Waals surface area contributed by atoms with Crippen molar-refractivity contribution in [1.82, 2.24) is 10.2 Å². The van der Waals surface area contributed by atoms with Crippen LogP contribution in [-0.4, -0.2) is 55.5 Å². The molecule has 1 saturated heterocycles. The molecule has 2 unspecified atom stereocenters. The van der Waals surface area contributed by atoms with E-state index in [1.807, 2.05) is 0 Å². The summed E-state index contributed by atoms with van der Waals surface area (Å²) in [5, 5.41) is 12.8. The number of morpholine rings is 1. The monoisotopic (exact) mass is 356 g/mol. The molecule has 0 amide bonds. The Morgan fingerprint density at radius 3 is 2.86 bits per heavy atom. The van der Waals surface area contributed by atoms with E-state index in [-0.39, 0.29) is 12.7 Å². The van der Waals surface area contributed by atoms with E-state index < -0.39 is 0 Å². The molecule has 21 heavy (non-hydrogen) atoms. The van der Waals surface area contributed by atoms with Gasteiger partial charge in [0.15, 0.2) is 0 Å². The van der Waals surface area contributed by atoms with Crippen molar-refractivity contribution in [3.8, 4) is 0 Å². The molecule has 2 atom stereocenters. The van der Waals surface area contributed by atoms with Crippen molar-refractivity contribution >= 4 is 15.9 Å². The smallest absolute Gasteiger partial charge is 0.0932 e. The van der Waals surface area contributed by atoms with Crippen LogP contribution in [-0.2, 0) is 4.74 Å². The van der Waals surface area contributed by atoms with Crippen LogP contribution in [0, 0.1) is 0 Å². The molecule has 1 aromatic rings. The zero-order valence-corrected chi connectivity index (χ0v) is 14.2.